The molecule has 0 spiro atoms. The highest BCUT2D eigenvalue weighted by molar-refractivity contribution is 7.89. The smallest absolute Gasteiger partial charge is 0.280 e. The molecule has 2 heterocycles. The maximum Gasteiger partial charge on any atom is 0.332 e. The van der Waals surface area contributed by atoms with Crippen molar-refractivity contribution in [3.63, 3.8) is 0 Å². The second-order valence-corrected chi connectivity index (χ2v) is 9.42. The van der Waals surface area contributed by atoms with E-state index in [-0.39, 0.29) is 21.5 Å². The number of aryl methyl sites for hydroxylation is 2. The highest BCUT2D eigenvalue weighted by atomic mass is 32.2. The zero-order valence-electron chi connectivity index (χ0n) is 18.3. The number of carbonyl (C=O) groups excluding carboxylic acids is 2. The number of aromatic nitrogens is 3. The first-order valence-electron chi connectivity index (χ1n) is 9.61. The predicted molar refractivity (Wildman–Crippen MR) is 119 cm³/mol. The van der Waals surface area contributed by atoms with Crippen molar-refractivity contribution in [1.29, 1.82) is 0 Å². The van der Waals surface area contributed by atoms with E-state index in [1.54, 1.807) is 12.1 Å². The van der Waals surface area contributed by atoms with E-state index in [1.807, 2.05) is 6.92 Å². The molecule has 0 aliphatic rings. The van der Waals surface area contributed by atoms with E-state index < -0.39 is 39.6 Å². The molecule has 12 nitrogen and oxygen atoms in total. The molecular weight excluding hydrogens is 452 g/mol. The monoisotopic (exact) mass is 474 g/mol. The van der Waals surface area contributed by atoms with Crippen molar-refractivity contribution in [1.82, 2.24) is 29.3 Å². The SMILES string of the molecule is Cc1ccc(S(=O)(=O)N(C)CC(=O)NNC(=O)c2cnc3c(c2)c(=O)n(C)c(=O)n3C)cc1. The number of hydrazine groups is 1. The number of nitrogens with one attached hydrogen (secondary N) is 2. The van der Waals surface area contributed by atoms with Crippen LogP contribution in [0.15, 0.2) is 51.0 Å². The number of likely N-dealkylation sites (N-methyl/N-ethyl adjacent to an activating group) is 1. The molecule has 0 aliphatic heterocycles. The minimum absolute atomic E-state index is 0.0330. The molecule has 0 radical (unpaired) electrons. The fourth-order valence-corrected chi connectivity index (χ4v) is 4.13. The van der Waals surface area contributed by atoms with Crippen LogP contribution in [0.25, 0.3) is 11.0 Å². The average Bonchev–Trinajstić information content (AvgIpc) is 2.79. The molecule has 2 amide bonds. The van der Waals surface area contributed by atoms with Crippen LogP contribution in [-0.2, 0) is 28.9 Å². The van der Waals surface area contributed by atoms with Crippen molar-refractivity contribution in [2.75, 3.05) is 13.6 Å². The summed E-state index contributed by atoms with van der Waals surface area (Å²) in [5, 5.41) is 0.0440. The lowest BCUT2D eigenvalue weighted by Crippen LogP contribution is -2.46. The van der Waals surface area contributed by atoms with E-state index in [1.165, 1.54) is 43.9 Å². The van der Waals surface area contributed by atoms with Gasteiger partial charge in [-0.15, -0.1) is 0 Å². The van der Waals surface area contributed by atoms with E-state index >= 15 is 0 Å². The molecule has 0 saturated carbocycles. The van der Waals surface area contributed by atoms with Crippen molar-refractivity contribution >= 4 is 32.9 Å². The van der Waals surface area contributed by atoms with Crippen molar-refractivity contribution in [3.05, 3.63) is 68.5 Å². The van der Waals surface area contributed by atoms with Gasteiger partial charge in [0.2, 0.25) is 10.0 Å². The number of hydrogen-bond acceptors (Lipinski definition) is 7. The van der Waals surface area contributed by atoms with Crippen LogP contribution in [0.1, 0.15) is 15.9 Å². The lowest BCUT2D eigenvalue weighted by atomic mass is 10.2. The van der Waals surface area contributed by atoms with Gasteiger partial charge in [-0.25, -0.2) is 18.2 Å². The number of amides is 2. The maximum atomic E-state index is 12.6. The summed E-state index contributed by atoms with van der Waals surface area (Å²) in [6.07, 6.45) is 1.15. The Morgan fingerprint density at radius 1 is 1.06 bits per heavy atom. The third-order valence-corrected chi connectivity index (χ3v) is 6.78. The number of rotatable bonds is 5. The highest BCUT2D eigenvalue weighted by Gasteiger charge is 2.23. The molecule has 1 aromatic carbocycles. The van der Waals surface area contributed by atoms with Gasteiger partial charge in [-0.2, -0.15) is 4.31 Å². The first-order chi connectivity index (χ1) is 15.4. The second-order valence-electron chi connectivity index (χ2n) is 7.38. The Kier molecular flexibility index (Phi) is 6.46. The molecule has 3 rings (SSSR count). The van der Waals surface area contributed by atoms with Crippen LogP contribution in [0.5, 0.6) is 0 Å². The third kappa shape index (κ3) is 4.68. The van der Waals surface area contributed by atoms with Gasteiger partial charge in [-0.05, 0) is 25.1 Å². The Morgan fingerprint density at radius 2 is 1.70 bits per heavy atom. The average molecular weight is 474 g/mol. The number of carbonyl (C=O) groups is 2. The first-order valence-corrected chi connectivity index (χ1v) is 11.1. The number of nitrogens with zero attached hydrogens (tertiary/aromatic N) is 4. The highest BCUT2D eigenvalue weighted by Crippen LogP contribution is 2.14. The molecule has 0 atom stereocenters. The summed E-state index contributed by atoms with van der Waals surface area (Å²) in [5.74, 6) is -1.56. The van der Waals surface area contributed by atoms with Gasteiger partial charge in [-0.3, -0.25) is 34.4 Å². The molecule has 0 aliphatic carbocycles. The first kappa shape index (κ1) is 23.8. The fourth-order valence-electron chi connectivity index (χ4n) is 3.01. The van der Waals surface area contributed by atoms with Crippen LogP contribution >= 0.6 is 0 Å². The largest absolute Gasteiger partial charge is 0.332 e. The zero-order valence-corrected chi connectivity index (χ0v) is 19.1. The van der Waals surface area contributed by atoms with Gasteiger partial charge in [0.15, 0.2) is 0 Å². The molecule has 33 heavy (non-hydrogen) atoms. The van der Waals surface area contributed by atoms with Gasteiger partial charge < -0.3 is 0 Å². The quantitative estimate of drug-likeness (QED) is 0.451. The summed E-state index contributed by atoms with van der Waals surface area (Å²) in [5.41, 5.74) is 4.04. The molecule has 3 aromatic rings. The van der Waals surface area contributed by atoms with E-state index in [2.05, 4.69) is 15.8 Å². The Hall–Kier alpha value is -3.84. The topological polar surface area (TPSA) is 152 Å². The standard InChI is InChI=1S/C20H22N6O6S/c1-12-5-7-14(8-6-12)33(31,32)24(2)11-16(27)22-23-18(28)13-9-15-17(21-10-13)25(3)20(30)26(4)19(15)29/h5-10H,11H2,1-4H3,(H,22,27)(H,23,28). The van der Waals surface area contributed by atoms with E-state index in [0.29, 0.717) is 0 Å². The van der Waals surface area contributed by atoms with Gasteiger partial charge in [0.25, 0.3) is 17.4 Å². The molecule has 174 valence electrons. The number of fused-ring (bicyclic) bond motifs is 1. The molecule has 0 unspecified atom stereocenters. The lowest BCUT2D eigenvalue weighted by molar-refractivity contribution is -0.121. The number of hydrogen-bond donors (Lipinski definition) is 2. The van der Waals surface area contributed by atoms with Crippen molar-refractivity contribution in [2.45, 2.75) is 11.8 Å². The minimum atomic E-state index is -3.90. The minimum Gasteiger partial charge on any atom is -0.280 e. The molecule has 0 bridgehead atoms. The van der Waals surface area contributed by atoms with Crippen LogP contribution in [0, 0.1) is 6.92 Å². The summed E-state index contributed by atoms with van der Waals surface area (Å²) in [6.45, 7) is 1.27. The summed E-state index contributed by atoms with van der Waals surface area (Å²) >= 11 is 0. The normalized spacial score (nSPS) is 11.5. The van der Waals surface area contributed by atoms with Gasteiger partial charge in [0, 0.05) is 27.3 Å². The molecule has 13 heteroatoms. The maximum absolute atomic E-state index is 12.6. The third-order valence-electron chi connectivity index (χ3n) is 4.97. The molecular formula is C20H22N6O6S. The molecule has 0 saturated heterocycles. The van der Waals surface area contributed by atoms with E-state index in [0.717, 1.165) is 20.6 Å². The number of benzene rings is 1. The van der Waals surface area contributed by atoms with Crippen LogP contribution in [0.2, 0.25) is 0 Å². The summed E-state index contributed by atoms with van der Waals surface area (Å²) in [6, 6.07) is 7.41. The van der Waals surface area contributed by atoms with E-state index in [4.69, 9.17) is 0 Å². The molecule has 0 fully saturated rings. The Balaban J connectivity index is 1.70. The predicted octanol–water partition coefficient (Wildman–Crippen LogP) is -0.978. The van der Waals surface area contributed by atoms with Crippen molar-refractivity contribution in [2.24, 2.45) is 14.1 Å². The number of pyridine rings is 1. The summed E-state index contributed by atoms with van der Waals surface area (Å²) in [4.78, 5) is 52.9. The van der Waals surface area contributed by atoms with Crippen LogP contribution in [0.4, 0.5) is 0 Å². The number of sulfonamides is 1. The lowest BCUT2D eigenvalue weighted by Gasteiger charge is -2.17. The van der Waals surface area contributed by atoms with Crippen LogP contribution in [-0.4, -0.2) is 52.2 Å². The van der Waals surface area contributed by atoms with Gasteiger partial charge in [0.05, 0.1) is 22.4 Å². The molecule has 2 N–H and O–H groups in total. The van der Waals surface area contributed by atoms with Gasteiger partial charge >= 0.3 is 5.69 Å². The second kappa shape index (κ2) is 8.96. The zero-order chi connectivity index (χ0) is 24.5. The molecule has 2 aromatic heterocycles. The van der Waals surface area contributed by atoms with Crippen molar-refractivity contribution in [3.8, 4) is 0 Å². The Bertz CT molecular complexity index is 1470. The summed E-state index contributed by atoms with van der Waals surface area (Å²) < 4.78 is 28.0. The Morgan fingerprint density at radius 3 is 2.33 bits per heavy atom. The van der Waals surface area contributed by atoms with Gasteiger partial charge in [-0.1, -0.05) is 17.7 Å². The van der Waals surface area contributed by atoms with Crippen molar-refractivity contribution < 1.29 is 18.0 Å². The van der Waals surface area contributed by atoms with E-state index in [9.17, 15) is 27.6 Å². The fraction of sp³-hybridized carbons (Fsp3) is 0.250. The Labute approximate surface area is 188 Å². The van der Waals surface area contributed by atoms with Crippen LogP contribution < -0.4 is 22.1 Å². The van der Waals surface area contributed by atoms with Gasteiger partial charge in [0.1, 0.15) is 5.65 Å². The van der Waals surface area contributed by atoms with Crippen LogP contribution in [0.3, 0.4) is 0 Å². The summed E-state index contributed by atoms with van der Waals surface area (Å²) in [7, 11) is 0.0890.